The fourth-order valence-electron chi connectivity index (χ4n) is 2.10. The Morgan fingerprint density at radius 3 is 2.69 bits per heavy atom. The lowest BCUT2D eigenvalue weighted by Gasteiger charge is -2.19. The maximum Gasteiger partial charge on any atom is 0.148 e. The SMILES string of the molecule is CCCNc1ccc(N2CCCC2)c(F)c1. The molecule has 1 heterocycles. The molecule has 0 radical (unpaired) electrons. The second kappa shape index (κ2) is 5.19. The summed E-state index contributed by atoms with van der Waals surface area (Å²) in [5, 5.41) is 3.19. The van der Waals surface area contributed by atoms with Gasteiger partial charge in [-0.25, -0.2) is 4.39 Å². The summed E-state index contributed by atoms with van der Waals surface area (Å²) in [7, 11) is 0. The lowest BCUT2D eigenvalue weighted by atomic mass is 10.2. The van der Waals surface area contributed by atoms with Gasteiger partial charge < -0.3 is 10.2 Å². The Labute approximate surface area is 96.5 Å². The van der Waals surface area contributed by atoms with Crippen LogP contribution in [0.5, 0.6) is 0 Å². The van der Waals surface area contributed by atoms with Crippen molar-refractivity contribution in [1.82, 2.24) is 0 Å². The molecule has 1 N–H and O–H groups in total. The molecule has 3 heteroatoms. The highest BCUT2D eigenvalue weighted by molar-refractivity contribution is 5.56. The van der Waals surface area contributed by atoms with E-state index in [2.05, 4.69) is 17.1 Å². The van der Waals surface area contributed by atoms with Crippen molar-refractivity contribution in [2.75, 3.05) is 29.9 Å². The molecule has 2 rings (SSSR count). The first-order valence-corrected chi connectivity index (χ1v) is 6.09. The number of hydrogen-bond donors (Lipinski definition) is 1. The molecule has 0 saturated carbocycles. The van der Waals surface area contributed by atoms with E-state index in [1.807, 2.05) is 12.1 Å². The quantitative estimate of drug-likeness (QED) is 0.841. The molecule has 0 unspecified atom stereocenters. The highest BCUT2D eigenvalue weighted by Gasteiger charge is 2.15. The van der Waals surface area contributed by atoms with Crippen molar-refractivity contribution in [2.24, 2.45) is 0 Å². The second-order valence-corrected chi connectivity index (χ2v) is 4.29. The predicted molar refractivity (Wildman–Crippen MR) is 66.6 cm³/mol. The van der Waals surface area contributed by atoms with E-state index in [0.717, 1.165) is 37.4 Å². The molecule has 1 aromatic carbocycles. The topological polar surface area (TPSA) is 15.3 Å². The minimum absolute atomic E-state index is 0.108. The first kappa shape index (κ1) is 11.2. The first-order valence-electron chi connectivity index (χ1n) is 6.09. The van der Waals surface area contributed by atoms with Crippen molar-refractivity contribution in [2.45, 2.75) is 26.2 Å². The van der Waals surface area contributed by atoms with Gasteiger partial charge in [-0.15, -0.1) is 0 Å². The van der Waals surface area contributed by atoms with Gasteiger partial charge in [-0.2, -0.15) is 0 Å². The van der Waals surface area contributed by atoms with Gasteiger partial charge in [0.1, 0.15) is 5.82 Å². The van der Waals surface area contributed by atoms with E-state index in [-0.39, 0.29) is 5.82 Å². The Balaban J connectivity index is 2.09. The zero-order valence-corrected chi connectivity index (χ0v) is 9.80. The van der Waals surface area contributed by atoms with E-state index >= 15 is 0 Å². The predicted octanol–water partition coefficient (Wildman–Crippen LogP) is 3.25. The number of halogens is 1. The van der Waals surface area contributed by atoms with Gasteiger partial charge in [-0.1, -0.05) is 6.92 Å². The summed E-state index contributed by atoms with van der Waals surface area (Å²) in [6.07, 6.45) is 3.40. The molecule has 88 valence electrons. The number of benzene rings is 1. The van der Waals surface area contributed by atoms with Crippen LogP contribution in [-0.2, 0) is 0 Å². The van der Waals surface area contributed by atoms with Gasteiger partial charge in [0.25, 0.3) is 0 Å². The largest absolute Gasteiger partial charge is 0.385 e. The number of anilines is 2. The van der Waals surface area contributed by atoms with Gasteiger partial charge in [0.05, 0.1) is 5.69 Å². The van der Waals surface area contributed by atoms with Crippen LogP contribution in [0.15, 0.2) is 18.2 Å². The molecular weight excluding hydrogens is 203 g/mol. The molecule has 0 bridgehead atoms. The van der Waals surface area contributed by atoms with Gasteiger partial charge >= 0.3 is 0 Å². The monoisotopic (exact) mass is 222 g/mol. The molecule has 0 atom stereocenters. The molecule has 1 aliphatic rings. The van der Waals surface area contributed by atoms with Crippen molar-refractivity contribution in [3.63, 3.8) is 0 Å². The Kier molecular flexibility index (Phi) is 3.65. The fourth-order valence-corrected chi connectivity index (χ4v) is 2.10. The molecule has 1 saturated heterocycles. The molecule has 0 aliphatic carbocycles. The number of nitrogens with one attached hydrogen (secondary N) is 1. The average molecular weight is 222 g/mol. The lowest BCUT2D eigenvalue weighted by molar-refractivity contribution is 0.623. The number of rotatable bonds is 4. The van der Waals surface area contributed by atoms with Gasteiger partial charge in [0.15, 0.2) is 0 Å². The third-order valence-corrected chi connectivity index (χ3v) is 2.97. The smallest absolute Gasteiger partial charge is 0.148 e. The zero-order valence-electron chi connectivity index (χ0n) is 9.80. The van der Waals surface area contributed by atoms with Crippen LogP contribution < -0.4 is 10.2 Å². The number of nitrogens with zero attached hydrogens (tertiary/aromatic N) is 1. The first-order chi connectivity index (χ1) is 7.81. The van der Waals surface area contributed by atoms with Crippen molar-refractivity contribution in [3.05, 3.63) is 24.0 Å². The summed E-state index contributed by atoms with van der Waals surface area (Å²) in [5.41, 5.74) is 1.63. The van der Waals surface area contributed by atoms with Crippen molar-refractivity contribution < 1.29 is 4.39 Å². The summed E-state index contributed by atoms with van der Waals surface area (Å²) < 4.78 is 13.8. The third-order valence-electron chi connectivity index (χ3n) is 2.97. The summed E-state index contributed by atoms with van der Waals surface area (Å²) in [5.74, 6) is -0.108. The van der Waals surface area contributed by atoms with Crippen molar-refractivity contribution in [3.8, 4) is 0 Å². The van der Waals surface area contributed by atoms with Gasteiger partial charge in [-0.3, -0.25) is 0 Å². The molecule has 2 nitrogen and oxygen atoms in total. The van der Waals surface area contributed by atoms with E-state index in [1.165, 1.54) is 12.8 Å². The molecule has 0 aromatic heterocycles. The van der Waals surface area contributed by atoms with Gasteiger partial charge in [0, 0.05) is 25.3 Å². The van der Waals surface area contributed by atoms with E-state index in [0.29, 0.717) is 0 Å². The average Bonchev–Trinajstić information content (AvgIpc) is 2.80. The normalized spacial score (nSPS) is 15.5. The van der Waals surface area contributed by atoms with Crippen LogP contribution in [-0.4, -0.2) is 19.6 Å². The Hall–Kier alpha value is -1.25. The summed E-state index contributed by atoms with van der Waals surface area (Å²) in [6.45, 7) is 4.96. The van der Waals surface area contributed by atoms with Gasteiger partial charge in [0.2, 0.25) is 0 Å². The second-order valence-electron chi connectivity index (χ2n) is 4.29. The maximum atomic E-state index is 13.8. The Morgan fingerprint density at radius 2 is 2.06 bits per heavy atom. The molecule has 0 amide bonds. The van der Waals surface area contributed by atoms with E-state index in [4.69, 9.17) is 0 Å². The van der Waals surface area contributed by atoms with Crippen molar-refractivity contribution in [1.29, 1.82) is 0 Å². The minimum Gasteiger partial charge on any atom is -0.385 e. The number of hydrogen-bond acceptors (Lipinski definition) is 2. The Morgan fingerprint density at radius 1 is 1.31 bits per heavy atom. The maximum absolute atomic E-state index is 13.8. The van der Waals surface area contributed by atoms with Crippen LogP contribution in [0.4, 0.5) is 15.8 Å². The van der Waals surface area contributed by atoms with Crippen LogP contribution in [0.2, 0.25) is 0 Å². The zero-order chi connectivity index (χ0) is 11.4. The van der Waals surface area contributed by atoms with Crippen LogP contribution in [0.1, 0.15) is 26.2 Å². The van der Waals surface area contributed by atoms with Crippen LogP contribution in [0.3, 0.4) is 0 Å². The van der Waals surface area contributed by atoms with E-state index in [1.54, 1.807) is 6.07 Å². The summed E-state index contributed by atoms with van der Waals surface area (Å²) >= 11 is 0. The Bertz CT molecular complexity index is 346. The molecule has 16 heavy (non-hydrogen) atoms. The summed E-state index contributed by atoms with van der Waals surface area (Å²) in [6, 6.07) is 5.45. The highest BCUT2D eigenvalue weighted by Crippen LogP contribution is 2.25. The molecule has 0 spiro atoms. The fraction of sp³-hybridized carbons (Fsp3) is 0.538. The standard InChI is InChI=1S/C13H19FN2/c1-2-7-15-11-5-6-13(12(14)10-11)16-8-3-4-9-16/h5-6,10,15H,2-4,7-9H2,1H3. The van der Waals surface area contributed by atoms with E-state index in [9.17, 15) is 4.39 Å². The lowest BCUT2D eigenvalue weighted by Crippen LogP contribution is -2.19. The third kappa shape index (κ3) is 2.46. The van der Waals surface area contributed by atoms with Crippen LogP contribution in [0, 0.1) is 5.82 Å². The molecule has 1 aromatic rings. The van der Waals surface area contributed by atoms with Gasteiger partial charge in [-0.05, 0) is 37.5 Å². The van der Waals surface area contributed by atoms with Crippen molar-refractivity contribution >= 4 is 11.4 Å². The van der Waals surface area contributed by atoms with Crippen LogP contribution >= 0.6 is 0 Å². The highest BCUT2D eigenvalue weighted by atomic mass is 19.1. The minimum atomic E-state index is -0.108. The summed E-state index contributed by atoms with van der Waals surface area (Å²) in [4.78, 5) is 2.12. The molecule has 1 fully saturated rings. The molecule has 1 aliphatic heterocycles. The van der Waals surface area contributed by atoms with E-state index < -0.39 is 0 Å². The van der Waals surface area contributed by atoms with Crippen LogP contribution in [0.25, 0.3) is 0 Å². The molecular formula is C13H19FN2.